The van der Waals surface area contributed by atoms with Gasteiger partial charge in [-0.1, -0.05) is 21.0 Å². The van der Waals surface area contributed by atoms with E-state index in [-0.39, 0.29) is 11.7 Å². The minimum absolute atomic E-state index is 0.104. The van der Waals surface area contributed by atoms with Crippen LogP contribution in [0.2, 0.25) is 0 Å². The van der Waals surface area contributed by atoms with Crippen LogP contribution in [-0.2, 0) is 0 Å². The third-order valence-electron chi connectivity index (χ3n) is 1.77. The van der Waals surface area contributed by atoms with Crippen molar-refractivity contribution in [3.8, 4) is 5.75 Å². The molecule has 2 rings (SSSR count). The van der Waals surface area contributed by atoms with Crippen LogP contribution in [0.1, 0.15) is 5.56 Å². The van der Waals surface area contributed by atoms with Crippen LogP contribution >= 0.6 is 31.9 Å². The van der Waals surface area contributed by atoms with Gasteiger partial charge in [0.15, 0.2) is 0 Å². The first-order chi connectivity index (χ1) is 8.16. The summed E-state index contributed by atoms with van der Waals surface area (Å²) in [5.41, 5.74) is 3.09. The fourth-order valence-corrected chi connectivity index (χ4v) is 2.31. The number of nitrogens with one attached hydrogen (secondary N) is 2. The summed E-state index contributed by atoms with van der Waals surface area (Å²) < 4.78 is 1.40. The van der Waals surface area contributed by atoms with Gasteiger partial charge in [-0.05, 0) is 33.3 Å². The molecule has 0 saturated carbocycles. The second kappa shape index (κ2) is 5.23. The van der Waals surface area contributed by atoms with E-state index in [1.54, 1.807) is 12.1 Å². The van der Waals surface area contributed by atoms with Crippen LogP contribution in [0.25, 0.3) is 0 Å². The number of anilines is 1. The third kappa shape index (κ3) is 3.01. The quantitative estimate of drug-likeness (QED) is 0.572. The van der Waals surface area contributed by atoms with Crippen molar-refractivity contribution in [3.63, 3.8) is 0 Å². The summed E-state index contributed by atoms with van der Waals surface area (Å²) in [6.07, 6.45) is 1.45. The van der Waals surface area contributed by atoms with Gasteiger partial charge in [0.1, 0.15) is 5.75 Å². The number of aromatic hydroxyl groups is 1. The highest BCUT2D eigenvalue weighted by Crippen LogP contribution is 2.30. The molecule has 0 aliphatic carbocycles. The fourth-order valence-electron chi connectivity index (χ4n) is 1.05. The van der Waals surface area contributed by atoms with Crippen molar-refractivity contribution in [2.45, 2.75) is 0 Å². The van der Waals surface area contributed by atoms with E-state index in [1.165, 1.54) is 6.21 Å². The molecule has 2 aromatic rings. The van der Waals surface area contributed by atoms with Crippen molar-refractivity contribution in [2.24, 2.45) is 5.10 Å². The van der Waals surface area contributed by atoms with Crippen molar-refractivity contribution in [2.75, 3.05) is 5.43 Å². The lowest BCUT2D eigenvalue weighted by Gasteiger charge is -2.02. The predicted octanol–water partition coefficient (Wildman–Crippen LogP) is 1.88. The number of hydrazone groups is 1. The smallest absolute Gasteiger partial charge is 0.283 e. The summed E-state index contributed by atoms with van der Waals surface area (Å²) >= 11 is 6.54. The van der Waals surface area contributed by atoms with Gasteiger partial charge >= 0.3 is 0 Å². The second-order valence-corrected chi connectivity index (χ2v) is 4.70. The van der Waals surface area contributed by atoms with Gasteiger partial charge in [0.2, 0.25) is 0 Å². The highest BCUT2D eigenvalue weighted by molar-refractivity contribution is 9.11. The van der Waals surface area contributed by atoms with Gasteiger partial charge in [-0.15, -0.1) is 5.10 Å². The van der Waals surface area contributed by atoms with E-state index in [9.17, 15) is 5.11 Å². The van der Waals surface area contributed by atoms with Crippen LogP contribution in [0.4, 0.5) is 5.95 Å². The lowest BCUT2D eigenvalue weighted by atomic mass is 10.2. The molecule has 17 heavy (non-hydrogen) atoms. The fraction of sp³-hybridized carbons (Fsp3) is 0. The number of tetrazole rings is 1. The predicted molar refractivity (Wildman–Crippen MR) is 68.9 cm³/mol. The molecular formula is C8H6Br2N6O. The molecular weight excluding hydrogens is 356 g/mol. The number of rotatable bonds is 3. The molecule has 3 N–H and O–H groups in total. The van der Waals surface area contributed by atoms with Crippen LogP contribution < -0.4 is 5.43 Å². The summed E-state index contributed by atoms with van der Waals surface area (Å²) in [5, 5.41) is 26.5. The number of nitrogens with zero attached hydrogens (tertiary/aromatic N) is 4. The van der Waals surface area contributed by atoms with E-state index in [2.05, 4.69) is 63.0 Å². The molecule has 0 aliphatic heterocycles. The Hall–Kier alpha value is -1.48. The number of aromatic amines is 1. The average Bonchev–Trinajstić information content (AvgIpc) is 2.78. The van der Waals surface area contributed by atoms with Crippen LogP contribution in [0.15, 0.2) is 26.2 Å². The molecule has 0 radical (unpaired) electrons. The van der Waals surface area contributed by atoms with Gasteiger partial charge in [0, 0.05) is 10.0 Å². The normalized spacial score (nSPS) is 10.9. The summed E-state index contributed by atoms with van der Waals surface area (Å²) in [6.45, 7) is 0. The molecule has 9 heteroatoms. The van der Waals surface area contributed by atoms with E-state index < -0.39 is 0 Å². The third-order valence-corrected chi connectivity index (χ3v) is 2.83. The second-order valence-electron chi connectivity index (χ2n) is 2.93. The summed E-state index contributed by atoms with van der Waals surface area (Å²) in [7, 11) is 0. The lowest BCUT2D eigenvalue weighted by molar-refractivity contribution is 0.471. The van der Waals surface area contributed by atoms with Crippen LogP contribution in [0.5, 0.6) is 5.75 Å². The Kier molecular flexibility index (Phi) is 3.69. The number of phenols is 1. The number of hydrogen-bond acceptors (Lipinski definition) is 6. The zero-order chi connectivity index (χ0) is 12.3. The minimum atomic E-state index is 0.104. The Morgan fingerprint density at radius 1 is 1.41 bits per heavy atom. The Morgan fingerprint density at radius 2 is 2.24 bits per heavy atom. The first-order valence-electron chi connectivity index (χ1n) is 4.37. The van der Waals surface area contributed by atoms with Crippen molar-refractivity contribution in [3.05, 3.63) is 26.6 Å². The maximum atomic E-state index is 9.74. The van der Waals surface area contributed by atoms with Crippen molar-refractivity contribution in [1.29, 1.82) is 0 Å². The molecule has 0 spiro atoms. The van der Waals surface area contributed by atoms with Gasteiger partial charge in [-0.3, -0.25) is 0 Å². The van der Waals surface area contributed by atoms with Crippen molar-refractivity contribution >= 4 is 44.0 Å². The minimum Gasteiger partial charge on any atom is -0.506 e. The summed E-state index contributed by atoms with van der Waals surface area (Å²) in [5.74, 6) is 0.349. The zero-order valence-electron chi connectivity index (χ0n) is 8.22. The van der Waals surface area contributed by atoms with E-state index in [0.29, 0.717) is 10.0 Å². The van der Waals surface area contributed by atoms with E-state index in [4.69, 9.17) is 0 Å². The number of hydrogen-bond donors (Lipinski definition) is 3. The lowest BCUT2D eigenvalue weighted by Crippen LogP contribution is -1.93. The zero-order valence-corrected chi connectivity index (χ0v) is 11.4. The molecule has 0 saturated heterocycles. The largest absolute Gasteiger partial charge is 0.506 e. The molecule has 0 atom stereocenters. The molecule has 0 bridgehead atoms. The highest BCUT2D eigenvalue weighted by atomic mass is 79.9. The summed E-state index contributed by atoms with van der Waals surface area (Å²) in [6, 6.07) is 3.46. The van der Waals surface area contributed by atoms with Crippen LogP contribution in [0.3, 0.4) is 0 Å². The SMILES string of the molecule is Oc1c(Br)cc(Br)cc1/C=N/Nc1nn[nH]n1. The molecule has 0 aliphatic rings. The number of halogens is 2. The van der Waals surface area contributed by atoms with Gasteiger partial charge < -0.3 is 5.11 Å². The number of phenolic OH excluding ortho intramolecular Hbond substituents is 1. The Bertz CT molecular complexity index is 541. The Balaban J connectivity index is 2.15. The Morgan fingerprint density at radius 3 is 2.94 bits per heavy atom. The highest BCUT2D eigenvalue weighted by Gasteiger charge is 2.05. The maximum Gasteiger partial charge on any atom is 0.283 e. The van der Waals surface area contributed by atoms with Gasteiger partial charge in [0.25, 0.3) is 5.95 Å². The summed E-state index contributed by atoms with van der Waals surface area (Å²) in [4.78, 5) is 0. The molecule has 1 heterocycles. The van der Waals surface area contributed by atoms with Crippen LogP contribution in [-0.4, -0.2) is 31.9 Å². The van der Waals surface area contributed by atoms with E-state index >= 15 is 0 Å². The standard InChI is InChI=1S/C8H6Br2N6O/c9-5-1-4(7(17)6(10)2-5)3-11-12-8-13-15-16-14-8/h1-3,17H,(H2,12,13,14,15,16)/b11-3+. The topological polar surface area (TPSA) is 99.1 Å². The number of benzene rings is 1. The van der Waals surface area contributed by atoms with Gasteiger partial charge in [-0.2, -0.15) is 10.3 Å². The first kappa shape index (κ1) is 12.0. The van der Waals surface area contributed by atoms with Crippen LogP contribution in [0, 0.1) is 0 Å². The van der Waals surface area contributed by atoms with Crippen molar-refractivity contribution in [1.82, 2.24) is 20.6 Å². The first-order valence-corrected chi connectivity index (χ1v) is 5.96. The van der Waals surface area contributed by atoms with Crippen molar-refractivity contribution < 1.29 is 5.11 Å². The monoisotopic (exact) mass is 360 g/mol. The van der Waals surface area contributed by atoms with E-state index in [1.807, 2.05) is 0 Å². The van der Waals surface area contributed by atoms with E-state index in [0.717, 1.165) is 4.47 Å². The molecule has 7 nitrogen and oxygen atoms in total. The molecule has 0 fully saturated rings. The molecule has 1 aromatic heterocycles. The van der Waals surface area contributed by atoms with Gasteiger partial charge in [-0.25, -0.2) is 5.43 Å². The average molecular weight is 362 g/mol. The molecule has 88 valence electrons. The number of H-pyrrole nitrogens is 1. The molecule has 0 unspecified atom stereocenters. The molecule has 0 amide bonds. The maximum absolute atomic E-state index is 9.74. The van der Waals surface area contributed by atoms with Gasteiger partial charge in [0.05, 0.1) is 10.7 Å². The number of aromatic nitrogens is 4. The molecule has 1 aromatic carbocycles. The Labute approximate surface area is 113 Å².